The lowest BCUT2D eigenvalue weighted by atomic mass is 10.1. The van der Waals surface area contributed by atoms with Crippen LogP contribution in [-0.4, -0.2) is 15.9 Å². The lowest BCUT2D eigenvalue weighted by Gasteiger charge is -2.08. The molecule has 1 amide bonds. The van der Waals surface area contributed by atoms with Crippen molar-refractivity contribution in [1.82, 2.24) is 0 Å². The first-order valence-electron chi connectivity index (χ1n) is 6.24. The molecule has 0 saturated heterocycles. The van der Waals surface area contributed by atoms with Gasteiger partial charge in [-0.05, 0) is 49.2 Å². The largest absolute Gasteiger partial charge is 0.502 e. The van der Waals surface area contributed by atoms with Crippen LogP contribution in [0.15, 0.2) is 36.4 Å². The van der Waals surface area contributed by atoms with Gasteiger partial charge < -0.3 is 10.4 Å². The van der Waals surface area contributed by atoms with Crippen LogP contribution in [0.5, 0.6) is 5.75 Å². The number of hydrogen-bond acceptors (Lipinski definition) is 4. The molecule has 0 radical (unpaired) electrons. The van der Waals surface area contributed by atoms with Crippen LogP contribution in [0.3, 0.4) is 0 Å². The molecule has 0 aromatic heterocycles. The van der Waals surface area contributed by atoms with E-state index in [2.05, 4.69) is 5.32 Å². The van der Waals surface area contributed by atoms with Gasteiger partial charge in [0.25, 0.3) is 5.91 Å². The Labute approximate surface area is 121 Å². The molecule has 2 rings (SSSR count). The quantitative estimate of drug-likeness (QED) is 0.669. The third kappa shape index (κ3) is 3.17. The summed E-state index contributed by atoms with van der Waals surface area (Å²) in [6, 6.07) is 8.97. The van der Waals surface area contributed by atoms with Crippen molar-refractivity contribution < 1.29 is 14.8 Å². The summed E-state index contributed by atoms with van der Waals surface area (Å²) in [7, 11) is 0. The van der Waals surface area contributed by atoms with Crippen molar-refractivity contribution in [2.45, 2.75) is 13.8 Å². The van der Waals surface area contributed by atoms with E-state index in [0.29, 0.717) is 5.69 Å². The fourth-order valence-electron chi connectivity index (χ4n) is 1.83. The van der Waals surface area contributed by atoms with Crippen molar-refractivity contribution in [3.8, 4) is 5.75 Å². The summed E-state index contributed by atoms with van der Waals surface area (Å²) in [6.45, 7) is 3.89. The molecule has 0 fully saturated rings. The third-order valence-electron chi connectivity index (χ3n) is 3.20. The Kier molecular flexibility index (Phi) is 3.89. The first kappa shape index (κ1) is 14.5. The molecular formula is C15H14N2O4. The molecule has 2 aromatic rings. The summed E-state index contributed by atoms with van der Waals surface area (Å²) in [5.74, 6) is -0.941. The number of nitro benzene ring substituents is 1. The number of nitrogens with one attached hydrogen (secondary N) is 1. The minimum Gasteiger partial charge on any atom is -0.502 e. The fraction of sp³-hybridized carbons (Fsp3) is 0.133. The molecule has 21 heavy (non-hydrogen) atoms. The molecule has 0 bridgehead atoms. The van der Waals surface area contributed by atoms with Gasteiger partial charge in [0.15, 0.2) is 5.75 Å². The molecular weight excluding hydrogens is 272 g/mol. The van der Waals surface area contributed by atoms with Crippen molar-refractivity contribution >= 4 is 17.3 Å². The van der Waals surface area contributed by atoms with Gasteiger partial charge >= 0.3 is 5.69 Å². The minimum absolute atomic E-state index is 0.109. The number of nitro groups is 1. The number of aromatic hydroxyl groups is 1. The van der Waals surface area contributed by atoms with Crippen molar-refractivity contribution in [3.05, 3.63) is 63.2 Å². The molecule has 0 aliphatic heterocycles. The minimum atomic E-state index is -0.734. The average Bonchev–Trinajstić information content (AvgIpc) is 2.43. The maximum absolute atomic E-state index is 12.1. The molecule has 0 saturated carbocycles. The molecule has 6 nitrogen and oxygen atoms in total. The molecule has 2 aromatic carbocycles. The zero-order valence-corrected chi connectivity index (χ0v) is 11.6. The maximum Gasteiger partial charge on any atom is 0.311 e. The number of carbonyl (C=O) groups is 1. The topological polar surface area (TPSA) is 92.5 Å². The number of amides is 1. The number of aryl methyl sites for hydroxylation is 2. The normalized spacial score (nSPS) is 10.2. The van der Waals surface area contributed by atoms with Crippen LogP contribution in [-0.2, 0) is 0 Å². The lowest BCUT2D eigenvalue weighted by Crippen LogP contribution is -2.12. The first-order chi connectivity index (χ1) is 9.88. The van der Waals surface area contributed by atoms with Gasteiger partial charge in [0, 0.05) is 17.3 Å². The molecule has 0 unspecified atom stereocenters. The van der Waals surface area contributed by atoms with Crippen LogP contribution in [0, 0.1) is 24.0 Å². The van der Waals surface area contributed by atoms with Gasteiger partial charge in [0.05, 0.1) is 4.92 Å². The van der Waals surface area contributed by atoms with Crippen LogP contribution in [0.1, 0.15) is 21.5 Å². The number of hydrogen-bond donors (Lipinski definition) is 2. The molecule has 6 heteroatoms. The zero-order chi connectivity index (χ0) is 15.6. The summed E-state index contributed by atoms with van der Waals surface area (Å²) in [4.78, 5) is 22.1. The Hall–Kier alpha value is -2.89. The summed E-state index contributed by atoms with van der Waals surface area (Å²) in [6.07, 6.45) is 0. The third-order valence-corrected chi connectivity index (χ3v) is 3.20. The van der Waals surface area contributed by atoms with Gasteiger partial charge in [-0.25, -0.2) is 0 Å². The average molecular weight is 286 g/mol. The second kappa shape index (κ2) is 5.62. The Morgan fingerprint density at radius 3 is 2.48 bits per heavy atom. The van der Waals surface area contributed by atoms with E-state index >= 15 is 0 Å². The summed E-state index contributed by atoms with van der Waals surface area (Å²) in [5, 5.41) is 22.8. The number of phenolic OH excluding ortho intramolecular Hbond substituents is 1. The van der Waals surface area contributed by atoms with Gasteiger partial charge in [0.1, 0.15) is 0 Å². The van der Waals surface area contributed by atoms with E-state index in [-0.39, 0.29) is 5.56 Å². The van der Waals surface area contributed by atoms with E-state index in [1.54, 1.807) is 6.07 Å². The molecule has 108 valence electrons. The molecule has 2 N–H and O–H groups in total. The number of anilines is 1. The number of nitrogens with zero attached hydrogens (tertiary/aromatic N) is 1. The standard InChI is InChI=1S/C15H14N2O4/c1-9-3-5-12(7-10(9)2)16-15(19)11-4-6-14(18)13(8-11)17(20)21/h3-8,18H,1-2H3,(H,16,19). The number of phenols is 1. The highest BCUT2D eigenvalue weighted by atomic mass is 16.6. The SMILES string of the molecule is Cc1ccc(NC(=O)c2ccc(O)c([N+](=O)[O-])c2)cc1C. The van der Waals surface area contributed by atoms with E-state index < -0.39 is 22.3 Å². The van der Waals surface area contributed by atoms with E-state index in [4.69, 9.17) is 0 Å². The second-order valence-corrected chi connectivity index (χ2v) is 4.71. The lowest BCUT2D eigenvalue weighted by molar-refractivity contribution is -0.385. The fourth-order valence-corrected chi connectivity index (χ4v) is 1.83. The van der Waals surface area contributed by atoms with E-state index in [1.165, 1.54) is 6.07 Å². The summed E-state index contributed by atoms with van der Waals surface area (Å²) in [5.41, 5.74) is 2.36. The van der Waals surface area contributed by atoms with Crippen LogP contribution in [0.4, 0.5) is 11.4 Å². The highest BCUT2D eigenvalue weighted by Gasteiger charge is 2.17. The summed E-state index contributed by atoms with van der Waals surface area (Å²) < 4.78 is 0. The van der Waals surface area contributed by atoms with Crippen LogP contribution in [0.2, 0.25) is 0 Å². The number of benzene rings is 2. The van der Waals surface area contributed by atoms with Crippen LogP contribution >= 0.6 is 0 Å². The van der Waals surface area contributed by atoms with Crippen molar-refractivity contribution in [2.24, 2.45) is 0 Å². The van der Waals surface area contributed by atoms with E-state index in [9.17, 15) is 20.0 Å². The van der Waals surface area contributed by atoms with E-state index in [1.807, 2.05) is 26.0 Å². The summed E-state index contributed by atoms with van der Waals surface area (Å²) >= 11 is 0. The molecule has 0 spiro atoms. The van der Waals surface area contributed by atoms with Gasteiger partial charge in [-0.1, -0.05) is 6.07 Å². The van der Waals surface area contributed by atoms with Crippen molar-refractivity contribution in [1.29, 1.82) is 0 Å². The predicted molar refractivity (Wildman–Crippen MR) is 78.6 cm³/mol. The molecule has 0 atom stereocenters. The zero-order valence-electron chi connectivity index (χ0n) is 11.6. The monoisotopic (exact) mass is 286 g/mol. The number of carbonyl (C=O) groups excluding carboxylic acids is 1. The van der Waals surface area contributed by atoms with E-state index in [0.717, 1.165) is 23.3 Å². The molecule has 0 aliphatic carbocycles. The highest BCUT2D eigenvalue weighted by Crippen LogP contribution is 2.26. The second-order valence-electron chi connectivity index (χ2n) is 4.71. The van der Waals surface area contributed by atoms with Gasteiger partial charge in [0.2, 0.25) is 0 Å². The maximum atomic E-state index is 12.1. The first-order valence-corrected chi connectivity index (χ1v) is 6.24. The van der Waals surface area contributed by atoms with Crippen molar-refractivity contribution in [2.75, 3.05) is 5.32 Å². The van der Waals surface area contributed by atoms with Crippen LogP contribution < -0.4 is 5.32 Å². The predicted octanol–water partition coefficient (Wildman–Crippen LogP) is 3.17. The van der Waals surface area contributed by atoms with Gasteiger partial charge in [-0.2, -0.15) is 0 Å². The Morgan fingerprint density at radius 1 is 1.14 bits per heavy atom. The van der Waals surface area contributed by atoms with Gasteiger partial charge in [-0.15, -0.1) is 0 Å². The highest BCUT2D eigenvalue weighted by molar-refractivity contribution is 6.04. The molecule has 0 heterocycles. The number of rotatable bonds is 3. The Balaban J connectivity index is 2.26. The van der Waals surface area contributed by atoms with Crippen LogP contribution in [0.25, 0.3) is 0 Å². The molecule has 0 aliphatic rings. The smallest absolute Gasteiger partial charge is 0.311 e. The van der Waals surface area contributed by atoms with Crippen molar-refractivity contribution in [3.63, 3.8) is 0 Å². The Morgan fingerprint density at radius 2 is 1.86 bits per heavy atom. The Bertz CT molecular complexity index is 726. The van der Waals surface area contributed by atoms with Gasteiger partial charge in [-0.3, -0.25) is 14.9 Å².